The molecule has 0 bridgehead atoms. The number of fused-ring (bicyclic) bond motifs is 1. The summed E-state index contributed by atoms with van der Waals surface area (Å²) in [5, 5.41) is 4.76. The van der Waals surface area contributed by atoms with Crippen molar-refractivity contribution in [3.05, 3.63) is 65.3 Å². The molecule has 0 unspecified atom stereocenters. The lowest BCUT2D eigenvalue weighted by molar-refractivity contribution is -0.121. The van der Waals surface area contributed by atoms with Gasteiger partial charge in [0.25, 0.3) is 0 Å². The van der Waals surface area contributed by atoms with Gasteiger partial charge >= 0.3 is 0 Å². The second-order valence-electron chi connectivity index (χ2n) is 6.69. The van der Waals surface area contributed by atoms with Gasteiger partial charge in [0, 0.05) is 53.6 Å². The molecule has 0 spiro atoms. The van der Waals surface area contributed by atoms with Crippen molar-refractivity contribution < 1.29 is 4.79 Å². The average molecular weight is 400 g/mol. The molecule has 140 valence electrons. The van der Waals surface area contributed by atoms with E-state index in [-0.39, 0.29) is 12.5 Å². The van der Waals surface area contributed by atoms with Crippen LogP contribution in [0.3, 0.4) is 0 Å². The van der Waals surface area contributed by atoms with Crippen LogP contribution in [0.15, 0.2) is 54.7 Å². The van der Waals surface area contributed by atoms with Gasteiger partial charge < -0.3 is 14.8 Å². The Morgan fingerprint density at radius 3 is 2.63 bits per heavy atom. The van der Waals surface area contributed by atoms with E-state index in [1.54, 1.807) is 0 Å². The minimum atomic E-state index is -0.00962. The summed E-state index contributed by atoms with van der Waals surface area (Å²) in [6.45, 7) is 3.04. The molecule has 0 aliphatic carbocycles. The smallest absolute Gasteiger partial charge is 0.240 e. The number of nitrogens with one attached hydrogen (secondary N) is 1. The monoisotopic (exact) mass is 399 g/mol. The van der Waals surface area contributed by atoms with Crippen LogP contribution in [0.1, 0.15) is 5.56 Å². The number of carbonyl (C=O) groups excluding carboxylic acids is 1. The molecule has 3 aromatic rings. The second-order valence-corrected chi connectivity index (χ2v) is 8.35. The summed E-state index contributed by atoms with van der Waals surface area (Å²) >= 11 is 8.09. The molecule has 27 heavy (non-hydrogen) atoms. The molecule has 6 heteroatoms. The molecule has 1 amide bonds. The lowest BCUT2D eigenvalue weighted by Gasteiger charge is -2.28. The number of nitrogens with zero attached hydrogens (tertiary/aromatic N) is 2. The zero-order valence-electron chi connectivity index (χ0n) is 15.0. The fourth-order valence-electron chi connectivity index (χ4n) is 3.35. The molecule has 1 aliphatic heterocycles. The van der Waals surface area contributed by atoms with Crippen LogP contribution in [0.4, 0.5) is 5.69 Å². The van der Waals surface area contributed by atoms with E-state index in [1.165, 1.54) is 17.2 Å². The Bertz CT molecular complexity index is 932. The lowest BCUT2D eigenvalue weighted by Crippen LogP contribution is -2.32. The fraction of sp³-hybridized carbons (Fsp3) is 0.286. The van der Waals surface area contributed by atoms with Crippen molar-refractivity contribution in [3.63, 3.8) is 0 Å². The first-order chi connectivity index (χ1) is 13.2. The molecule has 0 radical (unpaired) electrons. The molecule has 0 saturated carbocycles. The van der Waals surface area contributed by atoms with Crippen LogP contribution in [-0.4, -0.2) is 35.1 Å². The van der Waals surface area contributed by atoms with Crippen LogP contribution in [-0.2, 0) is 17.9 Å². The Labute approximate surface area is 168 Å². The largest absolute Gasteiger partial charge is 0.370 e. The van der Waals surface area contributed by atoms with Gasteiger partial charge in [-0.25, -0.2) is 0 Å². The van der Waals surface area contributed by atoms with E-state index in [1.807, 2.05) is 46.8 Å². The number of anilines is 1. The van der Waals surface area contributed by atoms with E-state index in [0.29, 0.717) is 11.6 Å². The van der Waals surface area contributed by atoms with Gasteiger partial charge in [-0.15, -0.1) is 0 Å². The first-order valence-corrected chi connectivity index (χ1v) is 10.6. The molecule has 2 aromatic carbocycles. The quantitative estimate of drug-likeness (QED) is 0.699. The first-order valence-electron chi connectivity index (χ1n) is 9.12. The highest BCUT2D eigenvalue weighted by molar-refractivity contribution is 7.99. The normalized spacial score (nSPS) is 14.5. The van der Waals surface area contributed by atoms with Gasteiger partial charge in [0.1, 0.15) is 6.54 Å². The number of rotatable bonds is 5. The molecular formula is C21H22ClN3OS. The molecule has 1 N–H and O–H groups in total. The molecule has 0 atom stereocenters. The maximum absolute atomic E-state index is 12.4. The zero-order valence-corrected chi connectivity index (χ0v) is 16.6. The lowest BCUT2D eigenvalue weighted by atomic mass is 10.2. The van der Waals surface area contributed by atoms with Gasteiger partial charge in [-0.3, -0.25) is 4.79 Å². The van der Waals surface area contributed by atoms with Gasteiger partial charge in [0.15, 0.2) is 0 Å². The van der Waals surface area contributed by atoms with Crippen LogP contribution in [0, 0.1) is 0 Å². The van der Waals surface area contributed by atoms with E-state index in [0.717, 1.165) is 29.6 Å². The summed E-state index contributed by atoms with van der Waals surface area (Å²) in [6, 6.07) is 16.2. The van der Waals surface area contributed by atoms with E-state index in [2.05, 4.69) is 34.5 Å². The number of amides is 1. The van der Waals surface area contributed by atoms with Crippen molar-refractivity contribution in [2.24, 2.45) is 0 Å². The molecule has 4 rings (SSSR count). The fourth-order valence-corrected chi connectivity index (χ4v) is 4.42. The van der Waals surface area contributed by atoms with Gasteiger partial charge in [-0.1, -0.05) is 29.8 Å². The van der Waals surface area contributed by atoms with Crippen LogP contribution in [0.2, 0.25) is 5.02 Å². The average Bonchev–Trinajstić information content (AvgIpc) is 3.09. The Balaban J connectivity index is 1.34. The number of halogens is 1. The minimum absolute atomic E-state index is 0.00962. The molecule has 1 fully saturated rings. The van der Waals surface area contributed by atoms with Crippen molar-refractivity contribution in [2.75, 3.05) is 29.5 Å². The highest BCUT2D eigenvalue weighted by Crippen LogP contribution is 2.21. The summed E-state index contributed by atoms with van der Waals surface area (Å²) in [4.78, 5) is 14.8. The highest BCUT2D eigenvalue weighted by atomic mass is 35.5. The standard InChI is InChI=1S/C21H22ClN3OS/c22-18-4-3-17-7-8-25(20(17)13-18)15-21(26)23-14-16-1-5-19(6-2-16)24-9-11-27-12-10-24/h1-8,13H,9-12,14-15H2,(H,23,26). The third kappa shape index (κ3) is 4.42. The third-order valence-corrected chi connectivity index (χ3v) is 6.03. The molecule has 1 aromatic heterocycles. The Morgan fingerprint density at radius 1 is 1.07 bits per heavy atom. The van der Waals surface area contributed by atoms with Gasteiger partial charge in [-0.05, 0) is 41.3 Å². The first kappa shape index (κ1) is 18.3. The van der Waals surface area contributed by atoms with Crippen molar-refractivity contribution >= 4 is 45.9 Å². The Kier molecular flexibility index (Phi) is 5.60. The van der Waals surface area contributed by atoms with Crippen LogP contribution < -0.4 is 10.2 Å². The van der Waals surface area contributed by atoms with Crippen molar-refractivity contribution in [1.29, 1.82) is 0 Å². The maximum atomic E-state index is 12.4. The van der Waals surface area contributed by atoms with Crippen LogP contribution in [0.5, 0.6) is 0 Å². The Hall–Kier alpha value is -2.11. The molecule has 1 saturated heterocycles. The summed E-state index contributed by atoms with van der Waals surface area (Å²) in [5.74, 6) is 2.37. The molecule has 4 nitrogen and oxygen atoms in total. The summed E-state index contributed by atoms with van der Waals surface area (Å²) in [7, 11) is 0. The van der Waals surface area contributed by atoms with E-state index in [9.17, 15) is 4.79 Å². The van der Waals surface area contributed by atoms with Gasteiger partial charge in [-0.2, -0.15) is 11.8 Å². The van der Waals surface area contributed by atoms with Gasteiger partial charge in [0.2, 0.25) is 5.91 Å². The highest BCUT2D eigenvalue weighted by Gasteiger charge is 2.11. The predicted octanol–water partition coefficient (Wildman–Crippen LogP) is 4.16. The zero-order chi connectivity index (χ0) is 18.6. The Morgan fingerprint density at radius 2 is 1.85 bits per heavy atom. The van der Waals surface area contributed by atoms with Gasteiger partial charge in [0.05, 0.1) is 0 Å². The summed E-state index contributed by atoms with van der Waals surface area (Å²) < 4.78 is 1.92. The second kappa shape index (κ2) is 8.28. The number of carbonyl (C=O) groups is 1. The van der Waals surface area contributed by atoms with E-state index < -0.39 is 0 Å². The van der Waals surface area contributed by atoms with Crippen LogP contribution in [0.25, 0.3) is 10.9 Å². The number of hydrogen-bond donors (Lipinski definition) is 1. The van der Waals surface area contributed by atoms with E-state index >= 15 is 0 Å². The predicted molar refractivity (Wildman–Crippen MR) is 115 cm³/mol. The SMILES string of the molecule is O=C(Cn1ccc2ccc(Cl)cc21)NCc1ccc(N2CCSCC2)cc1. The van der Waals surface area contributed by atoms with Crippen molar-refractivity contribution in [2.45, 2.75) is 13.1 Å². The number of thioether (sulfide) groups is 1. The number of benzene rings is 2. The number of hydrogen-bond acceptors (Lipinski definition) is 3. The summed E-state index contributed by atoms with van der Waals surface area (Å²) in [5.41, 5.74) is 3.35. The third-order valence-electron chi connectivity index (χ3n) is 4.85. The topological polar surface area (TPSA) is 37.3 Å². The summed E-state index contributed by atoms with van der Waals surface area (Å²) in [6.07, 6.45) is 1.92. The van der Waals surface area contributed by atoms with Crippen LogP contribution >= 0.6 is 23.4 Å². The number of aromatic nitrogens is 1. The van der Waals surface area contributed by atoms with Crippen molar-refractivity contribution in [3.8, 4) is 0 Å². The maximum Gasteiger partial charge on any atom is 0.240 e. The molecule has 1 aliphatic rings. The van der Waals surface area contributed by atoms with Crippen molar-refractivity contribution in [1.82, 2.24) is 9.88 Å². The molecule has 2 heterocycles. The van der Waals surface area contributed by atoms with E-state index in [4.69, 9.17) is 11.6 Å². The molecular weight excluding hydrogens is 378 g/mol. The minimum Gasteiger partial charge on any atom is -0.370 e.